The Balaban J connectivity index is 1.93. The average Bonchev–Trinajstić information content (AvgIpc) is 2.99. The first-order chi connectivity index (χ1) is 7.33. The van der Waals surface area contributed by atoms with Crippen molar-refractivity contribution < 1.29 is 4.52 Å². The molecule has 2 heterocycles. The molecule has 0 bridgehead atoms. The van der Waals surface area contributed by atoms with Crippen molar-refractivity contribution in [2.24, 2.45) is 0 Å². The maximum absolute atomic E-state index is 5.26. The fraction of sp³-hybridized carbons (Fsp3) is 0.364. The fourth-order valence-electron chi connectivity index (χ4n) is 1.51. The summed E-state index contributed by atoms with van der Waals surface area (Å²) in [6, 6.07) is 5.81. The fourth-order valence-corrected chi connectivity index (χ4v) is 1.51. The van der Waals surface area contributed by atoms with E-state index >= 15 is 0 Å². The normalized spacial score (nSPS) is 15.5. The Morgan fingerprint density at radius 2 is 2.07 bits per heavy atom. The van der Waals surface area contributed by atoms with Gasteiger partial charge in [-0.2, -0.15) is 5.10 Å². The number of aromatic nitrogens is 3. The second-order valence-corrected chi connectivity index (χ2v) is 3.95. The van der Waals surface area contributed by atoms with Crippen LogP contribution in [0.2, 0.25) is 0 Å². The van der Waals surface area contributed by atoms with Gasteiger partial charge in [0.05, 0.1) is 5.69 Å². The highest BCUT2D eigenvalue weighted by Crippen LogP contribution is 2.40. The van der Waals surface area contributed by atoms with Gasteiger partial charge < -0.3 is 4.52 Å². The van der Waals surface area contributed by atoms with E-state index in [0.29, 0.717) is 5.92 Å². The molecule has 4 nitrogen and oxygen atoms in total. The van der Waals surface area contributed by atoms with Crippen molar-refractivity contribution >= 4 is 0 Å². The van der Waals surface area contributed by atoms with Crippen LogP contribution in [0.3, 0.4) is 0 Å². The zero-order valence-electron chi connectivity index (χ0n) is 8.47. The van der Waals surface area contributed by atoms with Crippen LogP contribution in [0.1, 0.15) is 30.2 Å². The molecule has 0 aliphatic heterocycles. The summed E-state index contributed by atoms with van der Waals surface area (Å²) in [6.45, 7) is 1.91. The molecule has 0 spiro atoms. The van der Waals surface area contributed by atoms with Gasteiger partial charge in [-0.25, -0.2) is 0 Å². The number of hydrogen-bond donors (Lipinski definition) is 0. The lowest BCUT2D eigenvalue weighted by Gasteiger charge is -1.92. The summed E-state index contributed by atoms with van der Waals surface area (Å²) in [4.78, 5) is 0. The zero-order valence-corrected chi connectivity index (χ0v) is 8.47. The van der Waals surface area contributed by atoms with Crippen LogP contribution < -0.4 is 0 Å². The van der Waals surface area contributed by atoms with Gasteiger partial charge in [0.1, 0.15) is 17.1 Å². The third-order valence-electron chi connectivity index (χ3n) is 2.57. The quantitative estimate of drug-likeness (QED) is 0.748. The van der Waals surface area contributed by atoms with Crippen LogP contribution in [0.15, 0.2) is 22.7 Å². The van der Waals surface area contributed by atoms with E-state index in [1.54, 1.807) is 0 Å². The Bertz CT molecular complexity index is 471. The van der Waals surface area contributed by atoms with Crippen molar-refractivity contribution in [1.82, 2.24) is 15.4 Å². The third-order valence-corrected chi connectivity index (χ3v) is 2.57. The highest BCUT2D eigenvalue weighted by atomic mass is 16.5. The van der Waals surface area contributed by atoms with Crippen LogP contribution in [0.5, 0.6) is 0 Å². The van der Waals surface area contributed by atoms with Crippen molar-refractivity contribution in [2.75, 3.05) is 0 Å². The first kappa shape index (κ1) is 8.59. The van der Waals surface area contributed by atoms with Crippen molar-refractivity contribution in [1.29, 1.82) is 0 Å². The molecule has 1 fully saturated rings. The number of hydrogen-bond acceptors (Lipinski definition) is 4. The molecule has 2 aromatic rings. The van der Waals surface area contributed by atoms with E-state index in [1.165, 1.54) is 12.8 Å². The van der Waals surface area contributed by atoms with Gasteiger partial charge in [-0.15, -0.1) is 5.10 Å². The van der Waals surface area contributed by atoms with Gasteiger partial charge in [0.25, 0.3) is 0 Å². The summed E-state index contributed by atoms with van der Waals surface area (Å²) in [5.41, 5.74) is 2.46. The summed E-state index contributed by atoms with van der Waals surface area (Å²) in [7, 11) is 0. The van der Waals surface area contributed by atoms with Crippen LogP contribution >= 0.6 is 0 Å². The van der Waals surface area contributed by atoms with Crippen molar-refractivity contribution in [3.05, 3.63) is 29.7 Å². The summed E-state index contributed by atoms with van der Waals surface area (Å²) in [6.07, 6.45) is 2.43. The minimum Gasteiger partial charge on any atom is -0.360 e. The predicted octanol–water partition coefficient (Wildman–Crippen LogP) is 2.32. The first-order valence-corrected chi connectivity index (χ1v) is 5.10. The molecular weight excluding hydrogens is 190 g/mol. The van der Waals surface area contributed by atoms with Crippen molar-refractivity contribution in [3.63, 3.8) is 0 Å². The standard InChI is InChI=1S/C11H11N3O/c1-7-2-5-9(13-12-7)10-6-11(15-14-10)8-3-4-8/h2,5-6,8H,3-4H2,1H3. The number of aryl methyl sites for hydroxylation is 1. The molecule has 1 aliphatic carbocycles. The molecule has 0 aromatic carbocycles. The van der Waals surface area contributed by atoms with Gasteiger partial charge in [0.2, 0.25) is 0 Å². The number of nitrogens with zero attached hydrogens (tertiary/aromatic N) is 3. The SMILES string of the molecule is Cc1ccc(-c2cc(C3CC3)on2)nn1. The molecule has 0 saturated heterocycles. The third kappa shape index (κ3) is 1.63. The number of rotatable bonds is 2. The van der Waals surface area contributed by atoms with Crippen LogP contribution in [0, 0.1) is 6.92 Å². The Hall–Kier alpha value is -1.71. The molecule has 76 valence electrons. The van der Waals surface area contributed by atoms with E-state index in [9.17, 15) is 0 Å². The summed E-state index contributed by atoms with van der Waals surface area (Å²) in [5.74, 6) is 1.57. The Labute approximate surface area is 87.3 Å². The van der Waals surface area contributed by atoms with Crippen LogP contribution in [0.4, 0.5) is 0 Å². The van der Waals surface area contributed by atoms with Crippen molar-refractivity contribution in [2.45, 2.75) is 25.7 Å². The molecule has 1 aliphatic rings. The van der Waals surface area contributed by atoms with E-state index in [2.05, 4.69) is 15.4 Å². The van der Waals surface area contributed by atoms with Crippen molar-refractivity contribution in [3.8, 4) is 11.4 Å². The molecule has 2 aromatic heterocycles. The molecular formula is C11H11N3O. The zero-order chi connectivity index (χ0) is 10.3. The highest BCUT2D eigenvalue weighted by Gasteiger charge is 2.28. The van der Waals surface area contributed by atoms with Gasteiger partial charge in [-0.1, -0.05) is 5.16 Å². The largest absolute Gasteiger partial charge is 0.360 e. The summed E-state index contributed by atoms with van der Waals surface area (Å²) < 4.78 is 5.26. The topological polar surface area (TPSA) is 51.8 Å². The average molecular weight is 201 g/mol. The molecule has 0 amide bonds. The molecule has 0 unspecified atom stereocenters. The Kier molecular flexibility index (Phi) is 1.80. The highest BCUT2D eigenvalue weighted by molar-refractivity contribution is 5.53. The van der Waals surface area contributed by atoms with Gasteiger partial charge in [-0.3, -0.25) is 0 Å². The van der Waals surface area contributed by atoms with E-state index in [1.807, 2.05) is 25.1 Å². The minimum atomic E-state index is 0.588. The maximum atomic E-state index is 5.26. The second kappa shape index (κ2) is 3.15. The molecule has 0 N–H and O–H groups in total. The lowest BCUT2D eigenvalue weighted by Crippen LogP contribution is -1.89. The first-order valence-electron chi connectivity index (χ1n) is 5.10. The lowest BCUT2D eigenvalue weighted by molar-refractivity contribution is 0.386. The molecule has 15 heavy (non-hydrogen) atoms. The predicted molar refractivity (Wildman–Crippen MR) is 54.2 cm³/mol. The summed E-state index contributed by atoms with van der Waals surface area (Å²) >= 11 is 0. The second-order valence-electron chi connectivity index (χ2n) is 3.95. The maximum Gasteiger partial charge on any atom is 0.140 e. The van der Waals surface area contributed by atoms with Gasteiger partial charge >= 0.3 is 0 Å². The molecule has 4 heteroatoms. The van der Waals surface area contributed by atoms with Gasteiger partial charge in [-0.05, 0) is 31.9 Å². The molecule has 3 rings (SSSR count). The monoisotopic (exact) mass is 201 g/mol. The molecule has 0 radical (unpaired) electrons. The van der Waals surface area contributed by atoms with Crippen LogP contribution in [-0.4, -0.2) is 15.4 Å². The van der Waals surface area contributed by atoms with E-state index in [-0.39, 0.29) is 0 Å². The van der Waals surface area contributed by atoms with Crippen LogP contribution in [-0.2, 0) is 0 Å². The Morgan fingerprint density at radius 1 is 1.20 bits per heavy atom. The van der Waals surface area contributed by atoms with Gasteiger partial charge in [0.15, 0.2) is 0 Å². The molecule has 1 saturated carbocycles. The summed E-state index contributed by atoms with van der Waals surface area (Å²) in [5, 5.41) is 12.1. The van der Waals surface area contributed by atoms with E-state index in [0.717, 1.165) is 22.8 Å². The smallest absolute Gasteiger partial charge is 0.140 e. The molecule has 0 atom stereocenters. The lowest BCUT2D eigenvalue weighted by atomic mass is 10.2. The van der Waals surface area contributed by atoms with E-state index in [4.69, 9.17) is 4.52 Å². The van der Waals surface area contributed by atoms with Gasteiger partial charge in [0, 0.05) is 12.0 Å². The minimum absolute atomic E-state index is 0.588. The van der Waals surface area contributed by atoms with E-state index < -0.39 is 0 Å². The van der Waals surface area contributed by atoms with Crippen LogP contribution in [0.25, 0.3) is 11.4 Å². The Morgan fingerprint density at radius 3 is 2.73 bits per heavy atom.